The molecule has 0 saturated carbocycles. The highest BCUT2D eigenvalue weighted by atomic mass is 16.4. The van der Waals surface area contributed by atoms with Crippen LogP contribution in [0.2, 0.25) is 0 Å². The van der Waals surface area contributed by atoms with E-state index in [1.807, 2.05) is 0 Å². The Morgan fingerprint density at radius 2 is 1.50 bits per heavy atom. The number of urea groups is 1. The van der Waals surface area contributed by atoms with E-state index in [2.05, 4.69) is 33.0 Å². The van der Waals surface area contributed by atoms with Crippen LogP contribution < -0.4 is 5.32 Å². The van der Waals surface area contributed by atoms with E-state index < -0.39 is 11.9 Å². The van der Waals surface area contributed by atoms with Crippen molar-refractivity contribution in [2.45, 2.75) is 34.6 Å². The third-order valence-electron chi connectivity index (χ3n) is 2.44. The Kier molecular flexibility index (Phi) is 7.39. The van der Waals surface area contributed by atoms with Gasteiger partial charge in [-0.3, -0.25) is 4.79 Å². The topological polar surface area (TPSA) is 69.6 Å². The van der Waals surface area contributed by atoms with Crippen LogP contribution in [-0.4, -0.2) is 41.6 Å². The summed E-state index contributed by atoms with van der Waals surface area (Å²) < 4.78 is 0. The normalized spacial score (nSPS) is 12.6. The molecule has 0 aromatic carbocycles. The molecule has 5 heteroatoms. The van der Waals surface area contributed by atoms with Crippen LogP contribution in [0.4, 0.5) is 4.79 Å². The van der Waals surface area contributed by atoms with E-state index in [-0.39, 0.29) is 12.6 Å². The number of hydrogen-bond acceptors (Lipinski definition) is 2. The molecule has 0 heterocycles. The Morgan fingerprint density at radius 3 is 1.83 bits per heavy atom. The molecule has 2 amide bonds. The third-order valence-corrected chi connectivity index (χ3v) is 2.44. The SMILES string of the molecule is CC(C)CN(CC(C)C)C(=O)NCC(C)C(=O)O. The lowest BCUT2D eigenvalue weighted by Gasteiger charge is -2.27. The molecule has 0 bridgehead atoms. The number of nitrogens with zero attached hydrogens (tertiary/aromatic N) is 1. The lowest BCUT2D eigenvalue weighted by atomic mass is 10.1. The standard InChI is InChI=1S/C13H26N2O3/c1-9(2)7-15(8-10(3)4)13(18)14-6-11(5)12(16)17/h9-11H,6-8H2,1-5H3,(H,14,18)(H,16,17). The minimum absolute atomic E-state index is 0.168. The van der Waals surface area contributed by atoms with Gasteiger partial charge in [-0.1, -0.05) is 34.6 Å². The van der Waals surface area contributed by atoms with Gasteiger partial charge in [-0.15, -0.1) is 0 Å². The molecule has 0 aromatic rings. The van der Waals surface area contributed by atoms with E-state index in [1.165, 1.54) is 0 Å². The summed E-state index contributed by atoms with van der Waals surface area (Å²) in [5.74, 6) is -0.665. The quantitative estimate of drug-likeness (QED) is 0.734. The van der Waals surface area contributed by atoms with Crippen molar-refractivity contribution >= 4 is 12.0 Å². The van der Waals surface area contributed by atoms with Gasteiger partial charge in [-0.2, -0.15) is 0 Å². The molecule has 18 heavy (non-hydrogen) atoms. The zero-order chi connectivity index (χ0) is 14.3. The first-order chi connectivity index (χ1) is 8.23. The molecule has 0 radical (unpaired) electrons. The second-order valence-corrected chi connectivity index (χ2v) is 5.62. The van der Waals surface area contributed by atoms with E-state index >= 15 is 0 Å². The van der Waals surface area contributed by atoms with Gasteiger partial charge in [0.05, 0.1) is 5.92 Å². The smallest absolute Gasteiger partial charge is 0.317 e. The summed E-state index contributed by atoms with van der Waals surface area (Å²) in [6.45, 7) is 11.3. The van der Waals surface area contributed by atoms with Gasteiger partial charge in [-0.05, 0) is 11.8 Å². The molecule has 0 rings (SSSR count). The van der Waals surface area contributed by atoms with Gasteiger partial charge >= 0.3 is 12.0 Å². The molecule has 1 atom stereocenters. The van der Waals surface area contributed by atoms with Crippen molar-refractivity contribution in [3.63, 3.8) is 0 Å². The van der Waals surface area contributed by atoms with Gasteiger partial charge in [-0.25, -0.2) is 4.79 Å². The number of amides is 2. The molecule has 0 spiro atoms. The Hall–Kier alpha value is -1.26. The van der Waals surface area contributed by atoms with Crippen LogP contribution in [0.15, 0.2) is 0 Å². The lowest BCUT2D eigenvalue weighted by molar-refractivity contribution is -0.140. The maximum absolute atomic E-state index is 12.0. The highest BCUT2D eigenvalue weighted by Gasteiger charge is 2.18. The predicted octanol–water partition coefficient (Wildman–Crippen LogP) is 2.03. The van der Waals surface area contributed by atoms with Gasteiger partial charge in [0, 0.05) is 19.6 Å². The Labute approximate surface area is 110 Å². The molecule has 5 nitrogen and oxygen atoms in total. The number of rotatable bonds is 7. The second kappa shape index (κ2) is 7.95. The van der Waals surface area contributed by atoms with Gasteiger partial charge in [0.25, 0.3) is 0 Å². The van der Waals surface area contributed by atoms with Crippen LogP contribution in [-0.2, 0) is 4.79 Å². The first-order valence-electron chi connectivity index (χ1n) is 6.49. The first kappa shape index (κ1) is 16.7. The van der Waals surface area contributed by atoms with Crippen LogP contribution in [0.25, 0.3) is 0 Å². The molecule has 0 aliphatic rings. The van der Waals surface area contributed by atoms with Crippen molar-refractivity contribution in [2.24, 2.45) is 17.8 Å². The fourth-order valence-corrected chi connectivity index (χ4v) is 1.56. The Morgan fingerprint density at radius 1 is 1.06 bits per heavy atom. The summed E-state index contributed by atoms with van der Waals surface area (Å²) in [6, 6.07) is -0.175. The fraction of sp³-hybridized carbons (Fsp3) is 0.846. The van der Waals surface area contributed by atoms with Crippen molar-refractivity contribution < 1.29 is 14.7 Å². The van der Waals surface area contributed by atoms with Gasteiger partial charge in [0.2, 0.25) is 0 Å². The monoisotopic (exact) mass is 258 g/mol. The summed E-state index contributed by atoms with van der Waals surface area (Å²) in [5.41, 5.74) is 0. The zero-order valence-electron chi connectivity index (χ0n) is 12.1. The zero-order valence-corrected chi connectivity index (χ0v) is 12.1. The van der Waals surface area contributed by atoms with Crippen molar-refractivity contribution in [1.29, 1.82) is 0 Å². The summed E-state index contributed by atoms with van der Waals surface area (Å²) in [5, 5.41) is 11.4. The molecule has 2 N–H and O–H groups in total. The van der Waals surface area contributed by atoms with Gasteiger partial charge < -0.3 is 15.3 Å². The predicted molar refractivity (Wildman–Crippen MR) is 71.4 cm³/mol. The van der Waals surface area contributed by atoms with Crippen molar-refractivity contribution in [1.82, 2.24) is 10.2 Å². The molecule has 0 fully saturated rings. The average molecular weight is 258 g/mol. The molecule has 0 saturated heterocycles. The number of carbonyl (C=O) groups is 2. The van der Waals surface area contributed by atoms with Crippen LogP contribution in [0.1, 0.15) is 34.6 Å². The van der Waals surface area contributed by atoms with Crippen molar-refractivity contribution in [3.8, 4) is 0 Å². The number of carboxylic acids is 1. The summed E-state index contributed by atoms with van der Waals surface area (Å²) in [4.78, 5) is 24.4. The van der Waals surface area contributed by atoms with E-state index in [1.54, 1.807) is 11.8 Å². The van der Waals surface area contributed by atoms with Crippen LogP contribution in [0.5, 0.6) is 0 Å². The maximum Gasteiger partial charge on any atom is 0.317 e. The number of carbonyl (C=O) groups excluding carboxylic acids is 1. The molecule has 0 aliphatic carbocycles. The Balaban J connectivity index is 4.32. The van der Waals surface area contributed by atoms with E-state index in [0.29, 0.717) is 24.9 Å². The third kappa shape index (κ3) is 7.14. The highest BCUT2D eigenvalue weighted by Crippen LogP contribution is 2.04. The minimum Gasteiger partial charge on any atom is -0.481 e. The van der Waals surface area contributed by atoms with Crippen molar-refractivity contribution in [3.05, 3.63) is 0 Å². The van der Waals surface area contributed by atoms with Crippen LogP contribution >= 0.6 is 0 Å². The number of aliphatic carboxylic acids is 1. The summed E-state index contributed by atoms with van der Waals surface area (Å²) in [7, 11) is 0. The molecular formula is C13H26N2O3. The first-order valence-corrected chi connectivity index (χ1v) is 6.49. The minimum atomic E-state index is -0.894. The van der Waals surface area contributed by atoms with E-state index in [9.17, 15) is 9.59 Å². The average Bonchev–Trinajstić information content (AvgIpc) is 2.22. The maximum atomic E-state index is 12.0. The van der Waals surface area contributed by atoms with E-state index in [0.717, 1.165) is 0 Å². The lowest BCUT2D eigenvalue weighted by Crippen LogP contribution is -2.45. The van der Waals surface area contributed by atoms with Crippen molar-refractivity contribution in [2.75, 3.05) is 19.6 Å². The number of hydrogen-bond donors (Lipinski definition) is 2. The second-order valence-electron chi connectivity index (χ2n) is 5.62. The molecule has 106 valence electrons. The largest absolute Gasteiger partial charge is 0.481 e. The van der Waals surface area contributed by atoms with Crippen LogP contribution in [0.3, 0.4) is 0 Å². The molecule has 0 aliphatic heterocycles. The number of nitrogens with one attached hydrogen (secondary N) is 1. The molecule has 1 unspecified atom stereocenters. The summed E-state index contributed by atoms with van der Waals surface area (Å²) >= 11 is 0. The summed E-state index contributed by atoms with van der Waals surface area (Å²) in [6.07, 6.45) is 0. The number of carboxylic acid groups (broad SMARTS) is 1. The van der Waals surface area contributed by atoms with E-state index in [4.69, 9.17) is 5.11 Å². The van der Waals surface area contributed by atoms with Gasteiger partial charge in [0.1, 0.15) is 0 Å². The molecule has 0 aromatic heterocycles. The molecular weight excluding hydrogens is 232 g/mol. The Bertz CT molecular complexity index is 267. The van der Waals surface area contributed by atoms with Gasteiger partial charge in [0.15, 0.2) is 0 Å². The van der Waals surface area contributed by atoms with Crippen LogP contribution in [0, 0.1) is 17.8 Å². The highest BCUT2D eigenvalue weighted by molar-refractivity contribution is 5.75. The fourth-order valence-electron chi connectivity index (χ4n) is 1.56.